The number of rotatable bonds is 4. The highest BCUT2D eigenvalue weighted by atomic mass is 32.2. The van der Waals surface area contributed by atoms with Gasteiger partial charge in [0.15, 0.2) is 0 Å². The molecule has 0 aliphatic carbocycles. The molecule has 4 rings (SSSR count). The lowest BCUT2D eigenvalue weighted by molar-refractivity contribution is -0.115. The third kappa shape index (κ3) is 4.20. The van der Waals surface area contributed by atoms with E-state index in [0.717, 1.165) is 26.8 Å². The summed E-state index contributed by atoms with van der Waals surface area (Å²) in [6.45, 7) is 2.05. The fourth-order valence-corrected chi connectivity index (χ4v) is 4.43. The number of hydrogen-bond acceptors (Lipinski definition) is 5. The van der Waals surface area contributed by atoms with Crippen LogP contribution in [0.25, 0.3) is 10.6 Å². The van der Waals surface area contributed by atoms with Gasteiger partial charge in [0, 0.05) is 21.5 Å². The Hall–Kier alpha value is -2.64. The Labute approximate surface area is 165 Å². The van der Waals surface area contributed by atoms with Crippen molar-refractivity contribution in [3.8, 4) is 10.6 Å². The van der Waals surface area contributed by atoms with Gasteiger partial charge in [-0.1, -0.05) is 23.8 Å². The predicted octanol–water partition coefficient (Wildman–Crippen LogP) is 4.34. The van der Waals surface area contributed by atoms with Crippen LogP contribution in [0.1, 0.15) is 11.3 Å². The van der Waals surface area contributed by atoms with E-state index in [-0.39, 0.29) is 18.2 Å². The van der Waals surface area contributed by atoms with Crippen LogP contribution in [-0.4, -0.2) is 22.6 Å². The average Bonchev–Trinajstić information content (AvgIpc) is 3.09. The van der Waals surface area contributed by atoms with E-state index in [1.54, 1.807) is 6.07 Å². The molecular formula is C20H17N3O2S2. The quantitative estimate of drug-likeness (QED) is 0.689. The molecule has 0 saturated carbocycles. The Morgan fingerprint density at radius 2 is 2.15 bits per heavy atom. The van der Waals surface area contributed by atoms with Crippen LogP contribution in [0.4, 0.5) is 11.4 Å². The number of carbonyl (C=O) groups excluding carboxylic acids is 2. The van der Waals surface area contributed by atoms with E-state index >= 15 is 0 Å². The van der Waals surface area contributed by atoms with Gasteiger partial charge in [0.2, 0.25) is 11.8 Å². The summed E-state index contributed by atoms with van der Waals surface area (Å²) in [5.41, 5.74) is 4.39. The lowest BCUT2D eigenvalue weighted by atomic mass is 10.1. The lowest BCUT2D eigenvalue weighted by Crippen LogP contribution is -2.19. The summed E-state index contributed by atoms with van der Waals surface area (Å²) >= 11 is 3.03. The Kier molecular flexibility index (Phi) is 4.96. The van der Waals surface area contributed by atoms with E-state index in [9.17, 15) is 9.59 Å². The molecule has 136 valence electrons. The number of nitrogens with zero attached hydrogens (tertiary/aromatic N) is 1. The summed E-state index contributed by atoms with van der Waals surface area (Å²) in [6, 6.07) is 13.7. The van der Waals surface area contributed by atoms with Gasteiger partial charge in [0.25, 0.3) is 0 Å². The number of amides is 2. The first kappa shape index (κ1) is 17.8. The number of nitrogens with one attached hydrogen (secondary N) is 2. The zero-order valence-electron chi connectivity index (χ0n) is 14.6. The molecule has 0 unspecified atom stereocenters. The van der Waals surface area contributed by atoms with Crippen molar-refractivity contribution in [1.82, 2.24) is 4.98 Å². The molecular weight excluding hydrogens is 378 g/mol. The zero-order chi connectivity index (χ0) is 18.8. The summed E-state index contributed by atoms with van der Waals surface area (Å²) in [7, 11) is 0. The van der Waals surface area contributed by atoms with Gasteiger partial charge in [0.05, 0.1) is 23.6 Å². The standard InChI is InChI=1S/C20H17N3O2S2/c1-12-3-2-4-13(7-12)20-22-15(10-27-20)9-18(24)21-14-5-6-17-16(8-14)23-19(25)11-26-17/h2-8,10H,9,11H2,1H3,(H,21,24)(H,23,25). The number of aromatic nitrogens is 1. The minimum absolute atomic E-state index is 0.0258. The minimum atomic E-state index is -0.133. The topological polar surface area (TPSA) is 71.1 Å². The number of thioether (sulfide) groups is 1. The molecule has 2 aromatic carbocycles. The normalized spacial score (nSPS) is 13.0. The summed E-state index contributed by atoms with van der Waals surface area (Å²) in [6.07, 6.45) is 0.209. The van der Waals surface area contributed by atoms with E-state index in [4.69, 9.17) is 0 Å². The highest BCUT2D eigenvalue weighted by Gasteiger charge is 2.16. The third-order valence-electron chi connectivity index (χ3n) is 4.05. The van der Waals surface area contributed by atoms with Gasteiger partial charge in [-0.2, -0.15) is 0 Å². The number of fused-ring (bicyclic) bond motifs is 1. The van der Waals surface area contributed by atoms with Crippen LogP contribution in [0.2, 0.25) is 0 Å². The van der Waals surface area contributed by atoms with Crippen molar-refractivity contribution >= 4 is 46.3 Å². The maximum absolute atomic E-state index is 12.4. The SMILES string of the molecule is Cc1cccc(-c2nc(CC(=O)Nc3ccc4c(c3)NC(=O)CS4)cs2)c1. The smallest absolute Gasteiger partial charge is 0.234 e. The number of anilines is 2. The van der Waals surface area contributed by atoms with Gasteiger partial charge >= 0.3 is 0 Å². The molecule has 0 atom stereocenters. The molecule has 2 N–H and O–H groups in total. The number of hydrogen-bond donors (Lipinski definition) is 2. The van der Waals surface area contributed by atoms with E-state index in [0.29, 0.717) is 11.4 Å². The second kappa shape index (κ2) is 7.54. The first-order valence-electron chi connectivity index (χ1n) is 8.45. The minimum Gasteiger partial charge on any atom is -0.326 e. The second-order valence-electron chi connectivity index (χ2n) is 6.29. The predicted molar refractivity (Wildman–Crippen MR) is 110 cm³/mol. The van der Waals surface area contributed by atoms with Gasteiger partial charge in [-0.05, 0) is 31.2 Å². The van der Waals surface area contributed by atoms with Crippen molar-refractivity contribution in [3.63, 3.8) is 0 Å². The van der Waals surface area contributed by atoms with Crippen molar-refractivity contribution in [3.05, 3.63) is 59.1 Å². The molecule has 1 aliphatic rings. The number of thiazole rings is 1. The monoisotopic (exact) mass is 395 g/mol. The van der Waals surface area contributed by atoms with Crippen molar-refractivity contribution in [2.75, 3.05) is 16.4 Å². The molecule has 0 spiro atoms. The maximum Gasteiger partial charge on any atom is 0.234 e. The van der Waals surface area contributed by atoms with Crippen molar-refractivity contribution < 1.29 is 9.59 Å². The highest BCUT2D eigenvalue weighted by Crippen LogP contribution is 2.33. The van der Waals surface area contributed by atoms with E-state index < -0.39 is 0 Å². The second-order valence-corrected chi connectivity index (χ2v) is 8.16. The van der Waals surface area contributed by atoms with Gasteiger partial charge < -0.3 is 10.6 Å². The molecule has 27 heavy (non-hydrogen) atoms. The van der Waals surface area contributed by atoms with Gasteiger partial charge in [-0.3, -0.25) is 9.59 Å². The molecule has 1 aliphatic heterocycles. The number of carbonyl (C=O) groups is 2. The van der Waals surface area contributed by atoms with Crippen LogP contribution in [0.5, 0.6) is 0 Å². The molecule has 7 heteroatoms. The van der Waals surface area contributed by atoms with Crippen LogP contribution < -0.4 is 10.6 Å². The zero-order valence-corrected chi connectivity index (χ0v) is 16.2. The first-order valence-corrected chi connectivity index (χ1v) is 10.3. The highest BCUT2D eigenvalue weighted by molar-refractivity contribution is 8.00. The van der Waals surface area contributed by atoms with Crippen LogP contribution >= 0.6 is 23.1 Å². The first-order chi connectivity index (χ1) is 13.1. The van der Waals surface area contributed by atoms with Crippen molar-refractivity contribution in [1.29, 1.82) is 0 Å². The summed E-state index contributed by atoms with van der Waals surface area (Å²) < 4.78 is 0. The largest absolute Gasteiger partial charge is 0.326 e. The van der Waals surface area contributed by atoms with E-state index in [2.05, 4.69) is 21.7 Å². The summed E-state index contributed by atoms with van der Waals surface area (Å²) in [4.78, 5) is 29.5. The summed E-state index contributed by atoms with van der Waals surface area (Å²) in [5.74, 6) is 0.263. The molecule has 0 saturated heterocycles. The third-order valence-corrected chi connectivity index (χ3v) is 6.07. The molecule has 5 nitrogen and oxygen atoms in total. The van der Waals surface area contributed by atoms with Crippen LogP contribution in [0.15, 0.2) is 52.7 Å². The average molecular weight is 396 g/mol. The fraction of sp³-hybridized carbons (Fsp3) is 0.150. The van der Waals surface area contributed by atoms with Crippen molar-refractivity contribution in [2.24, 2.45) is 0 Å². The maximum atomic E-state index is 12.4. The Morgan fingerprint density at radius 1 is 1.26 bits per heavy atom. The molecule has 1 aromatic heterocycles. The van der Waals surface area contributed by atoms with Gasteiger partial charge in [-0.15, -0.1) is 23.1 Å². The van der Waals surface area contributed by atoms with E-state index in [1.807, 2.05) is 42.6 Å². The van der Waals surface area contributed by atoms with Crippen LogP contribution in [0.3, 0.4) is 0 Å². The van der Waals surface area contributed by atoms with Crippen LogP contribution in [0, 0.1) is 6.92 Å². The summed E-state index contributed by atoms with van der Waals surface area (Å²) in [5, 5.41) is 8.54. The van der Waals surface area contributed by atoms with Gasteiger partial charge in [0.1, 0.15) is 5.01 Å². The van der Waals surface area contributed by atoms with E-state index in [1.165, 1.54) is 28.7 Å². The molecule has 0 radical (unpaired) electrons. The molecule has 2 amide bonds. The molecule has 2 heterocycles. The Balaban J connectivity index is 1.43. The number of aryl methyl sites for hydroxylation is 1. The molecule has 0 fully saturated rings. The Morgan fingerprint density at radius 3 is 3.00 bits per heavy atom. The molecule has 3 aromatic rings. The van der Waals surface area contributed by atoms with Gasteiger partial charge in [-0.25, -0.2) is 4.98 Å². The fourth-order valence-electron chi connectivity index (χ4n) is 2.83. The molecule has 0 bridgehead atoms. The van der Waals surface area contributed by atoms with Crippen molar-refractivity contribution in [2.45, 2.75) is 18.2 Å². The van der Waals surface area contributed by atoms with Crippen LogP contribution in [-0.2, 0) is 16.0 Å². The Bertz CT molecular complexity index is 1030. The lowest BCUT2D eigenvalue weighted by Gasteiger charge is -2.17. The number of benzene rings is 2.